The molecule has 1 fully saturated rings. The fourth-order valence-electron chi connectivity index (χ4n) is 4.29. The molecule has 7 nitrogen and oxygen atoms in total. The van der Waals surface area contributed by atoms with E-state index in [1.54, 1.807) is 12.1 Å². The van der Waals surface area contributed by atoms with Crippen LogP contribution in [0.2, 0.25) is 0 Å². The third-order valence-electron chi connectivity index (χ3n) is 6.73. The van der Waals surface area contributed by atoms with Crippen LogP contribution in [0.25, 0.3) is 11.3 Å². The summed E-state index contributed by atoms with van der Waals surface area (Å²) in [4.78, 5) is 2.30. The number of benzene rings is 2. The molecule has 4 rings (SSSR count). The summed E-state index contributed by atoms with van der Waals surface area (Å²) >= 11 is 0. The predicted molar refractivity (Wildman–Crippen MR) is 135 cm³/mol. The number of aromatic nitrogens is 2. The minimum atomic E-state index is -3.66. The van der Waals surface area contributed by atoms with Crippen LogP contribution >= 0.6 is 0 Å². The van der Waals surface area contributed by atoms with E-state index in [1.165, 1.54) is 28.1 Å². The Bertz CT molecular complexity index is 1310. The topological polar surface area (TPSA) is 75.6 Å². The molecular formula is C26H32N4O3S. The molecule has 0 aliphatic carbocycles. The van der Waals surface area contributed by atoms with E-state index < -0.39 is 10.0 Å². The van der Waals surface area contributed by atoms with Crippen molar-refractivity contribution in [2.45, 2.75) is 39.5 Å². The number of rotatable bonds is 5. The highest BCUT2D eigenvalue weighted by molar-refractivity contribution is 7.89. The highest BCUT2D eigenvalue weighted by Crippen LogP contribution is 2.31. The highest BCUT2D eigenvalue weighted by atomic mass is 32.2. The van der Waals surface area contributed by atoms with Gasteiger partial charge in [0.05, 0.1) is 12.8 Å². The summed E-state index contributed by atoms with van der Waals surface area (Å²) in [7, 11) is -2.16. The van der Waals surface area contributed by atoms with Crippen LogP contribution in [0.1, 0.15) is 27.8 Å². The van der Waals surface area contributed by atoms with Crippen molar-refractivity contribution in [3.63, 3.8) is 0 Å². The maximum Gasteiger partial charge on any atom is 0.246 e. The van der Waals surface area contributed by atoms with Gasteiger partial charge in [0.15, 0.2) is 5.82 Å². The van der Waals surface area contributed by atoms with Crippen molar-refractivity contribution in [2.75, 3.05) is 38.2 Å². The molecule has 2 heterocycles. The molecule has 0 unspecified atom stereocenters. The Labute approximate surface area is 202 Å². The largest absolute Gasteiger partial charge is 0.495 e. The maximum atomic E-state index is 13.4. The van der Waals surface area contributed by atoms with Gasteiger partial charge in [-0.15, -0.1) is 10.2 Å². The van der Waals surface area contributed by atoms with E-state index in [0.717, 1.165) is 28.2 Å². The van der Waals surface area contributed by atoms with Crippen LogP contribution in [0.5, 0.6) is 5.75 Å². The molecule has 1 saturated heterocycles. The van der Waals surface area contributed by atoms with E-state index in [1.807, 2.05) is 26.0 Å². The number of methoxy groups -OCH3 is 1. The molecule has 0 N–H and O–H groups in total. The van der Waals surface area contributed by atoms with Crippen LogP contribution in [0.15, 0.2) is 41.3 Å². The van der Waals surface area contributed by atoms with Gasteiger partial charge in [-0.25, -0.2) is 8.42 Å². The van der Waals surface area contributed by atoms with Crippen molar-refractivity contribution in [3.05, 3.63) is 64.2 Å². The van der Waals surface area contributed by atoms with Gasteiger partial charge in [-0.05, 0) is 92.8 Å². The zero-order valence-corrected chi connectivity index (χ0v) is 21.5. The Morgan fingerprint density at radius 2 is 1.38 bits per heavy atom. The monoisotopic (exact) mass is 480 g/mol. The first kappa shape index (κ1) is 24.2. The molecule has 0 saturated carbocycles. The molecule has 0 atom stereocenters. The van der Waals surface area contributed by atoms with Gasteiger partial charge in [0.1, 0.15) is 10.6 Å². The number of ether oxygens (including phenoxy) is 1. The maximum absolute atomic E-state index is 13.4. The lowest BCUT2D eigenvalue weighted by atomic mass is 9.99. The van der Waals surface area contributed by atoms with Crippen molar-refractivity contribution >= 4 is 15.8 Å². The Hall–Kier alpha value is -2.97. The zero-order chi connectivity index (χ0) is 24.6. The zero-order valence-electron chi connectivity index (χ0n) is 20.7. The minimum Gasteiger partial charge on any atom is -0.495 e. The summed E-state index contributed by atoms with van der Waals surface area (Å²) in [5, 5.41) is 8.93. The quantitative estimate of drug-likeness (QED) is 0.545. The SMILES string of the molecule is COc1cc(C)c(C)cc1S(=O)(=O)N1CCN(c2ccc(-c3cc(C)c(C)cc3C)nn2)CC1. The smallest absolute Gasteiger partial charge is 0.246 e. The predicted octanol–water partition coefficient (Wildman–Crippen LogP) is 4.21. The van der Waals surface area contributed by atoms with E-state index in [9.17, 15) is 8.42 Å². The van der Waals surface area contributed by atoms with Gasteiger partial charge in [0.2, 0.25) is 10.0 Å². The molecule has 1 aliphatic heterocycles. The van der Waals surface area contributed by atoms with Crippen LogP contribution < -0.4 is 9.64 Å². The van der Waals surface area contributed by atoms with E-state index in [-0.39, 0.29) is 4.90 Å². The van der Waals surface area contributed by atoms with Gasteiger partial charge in [-0.3, -0.25) is 0 Å². The number of sulfonamides is 1. The van der Waals surface area contributed by atoms with Crippen molar-refractivity contribution in [2.24, 2.45) is 0 Å². The minimum absolute atomic E-state index is 0.222. The number of anilines is 1. The van der Waals surface area contributed by atoms with E-state index >= 15 is 0 Å². The van der Waals surface area contributed by atoms with Gasteiger partial charge in [-0.1, -0.05) is 6.07 Å². The van der Waals surface area contributed by atoms with E-state index in [2.05, 4.69) is 48.0 Å². The lowest BCUT2D eigenvalue weighted by Crippen LogP contribution is -2.49. The van der Waals surface area contributed by atoms with Crippen LogP contribution in [-0.2, 0) is 10.0 Å². The Balaban J connectivity index is 1.49. The second-order valence-electron chi connectivity index (χ2n) is 9.01. The molecule has 3 aromatic rings. The molecule has 2 aromatic carbocycles. The first-order valence-electron chi connectivity index (χ1n) is 11.4. The van der Waals surface area contributed by atoms with Crippen molar-refractivity contribution < 1.29 is 13.2 Å². The van der Waals surface area contributed by atoms with E-state index in [0.29, 0.717) is 31.9 Å². The third-order valence-corrected chi connectivity index (χ3v) is 8.65. The summed E-state index contributed by atoms with van der Waals surface area (Å²) in [6.07, 6.45) is 0. The third kappa shape index (κ3) is 4.52. The first-order chi connectivity index (χ1) is 16.1. The fourth-order valence-corrected chi connectivity index (χ4v) is 5.94. The normalized spacial score (nSPS) is 14.9. The van der Waals surface area contributed by atoms with Crippen LogP contribution in [0.4, 0.5) is 5.82 Å². The highest BCUT2D eigenvalue weighted by Gasteiger charge is 2.31. The molecule has 0 bridgehead atoms. The second kappa shape index (κ2) is 9.35. The number of hydrogen-bond donors (Lipinski definition) is 0. The Kier molecular flexibility index (Phi) is 6.64. The van der Waals surface area contributed by atoms with Crippen molar-refractivity contribution in [3.8, 4) is 17.0 Å². The Morgan fingerprint density at radius 1 is 0.765 bits per heavy atom. The molecule has 180 valence electrons. The van der Waals surface area contributed by atoms with Gasteiger partial charge in [-0.2, -0.15) is 4.31 Å². The molecule has 1 aromatic heterocycles. The number of piperazine rings is 1. The molecule has 34 heavy (non-hydrogen) atoms. The summed E-state index contributed by atoms with van der Waals surface area (Å²) in [5.74, 6) is 1.14. The average Bonchev–Trinajstić information content (AvgIpc) is 2.83. The fraction of sp³-hybridized carbons (Fsp3) is 0.385. The van der Waals surface area contributed by atoms with E-state index in [4.69, 9.17) is 4.74 Å². The lowest BCUT2D eigenvalue weighted by molar-refractivity contribution is 0.373. The molecule has 0 radical (unpaired) electrons. The van der Waals surface area contributed by atoms with Gasteiger partial charge in [0.25, 0.3) is 0 Å². The number of hydrogen-bond acceptors (Lipinski definition) is 6. The van der Waals surface area contributed by atoms with Crippen LogP contribution in [0.3, 0.4) is 0 Å². The average molecular weight is 481 g/mol. The van der Waals surface area contributed by atoms with Crippen LogP contribution in [-0.4, -0.2) is 56.2 Å². The molecule has 0 amide bonds. The van der Waals surface area contributed by atoms with Crippen molar-refractivity contribution in [1.29, 1.82) is 0 Å². The molecule has 0 spiro atoms. The lowest BCUT2D eigenvalue weighted by Gasteiger charge is -2.34. The summed E-state index contributed by atoms with van der Waals surface area (Å²) in [6, 6.07) is 11.8. The van der Waals surface area contributed by atoms with Crippen molar-refractivity contribution in [1.82, 2.24) is 14.5 Å². The standard InChI is InChI=1S/C26H32N4O3S/c1-17-13-21(5)22(14-18(17)2)23-7-8-26(28-27-23)29-9-11-30(12-10-29)34(31,32)25-16-20(4)19(3)15-24(25)33-6/h7-8,13-16H,9-12H2,1-6H3. The molecule has 1 aliphatic rings. The summed E-state index contributed by atoms with van der Waals surface area (Å²) < 4.78 is 33.6. The van der Waals surface area contributed by atoms with Crippen LogP contribution in [0, 0.1) is 34.6 Å². The first-order valence-corrected chi connectivity index (χ1v) is 12.9. The Morgan fingerprint density at radius 3 is 2.00 bits per heavy atom. The summed E-state index contributed by atoms with van der Waals surface area (Å²) in [5.41, 5.74) is 7.51. The molecular weight excluding hydrogens is 448 g/mol. The number of aryl methyl sites for hydroxylation is 5. The van der Waals surface area contributed by atoms with Gasteiger partial charge >= 0.3 is 0 Å². The molecule has 8 heteroatoms. The van der Waals surface area contributed by atoms with Gasteiger partial charge in [0, 0.05) is 31.7 Å². The second-order valence-corrected chi connectivity index (χ2v) is 10.9. The van der Waals surface area contributed by atoms with Gasteiger partial charge < -0.3 is 9.64 Å². The number of nitrogens with zero attached hydrogens (tertiary/aromatic N) is 4. The summed E-state index contributed by atoms with van der Waals surface area (Å²) in [6.45, 7) is 12.0.